The van der Waals surface area contributed by atoms with Gasteiger partial charge in [-0.25, -0.2) is 8.42 Å². The number of rotatable bonds is 6. The molecule has 0 radical (unpaired) electrons. The average Bonchev–Trinajstić information content (AvgIpc) is 2.43. The van der Waals surface area contributed by atoms with Crippen molar-refractivity contribution in [2.45, 2.75) is 13.3 Å². The van der Waals surface area contributed by atoms with Crippen LogP contribution in [0.4, 0.5) is 5.69 Å². The number of pyridine rings is 1. The third-order valence-electron chi connectivity index (χ3n) is 3.06. The van der Waals surface area contributed by atoms with Gasteiger partial charge in [-0.3, -0.25) is 4.98 Å². The molecule has 0 spiro atoms. The Labute approximate surface area is 127 Å². The molecule has 0 aliphatic carbocycles. The maximum Gasteiger partial charge on any atom is 0.150 e. The third kappa shape index (κ3) is 3.93. The molecule has 0 saturated heterocycles. The van der Waals surface area contributed by atoms with Gasteiger partial charge in [0.1, 0.15) is 9.84 Å². The Morgan fingerprint density at radius 1 is 1.35 bits per heavy atom. The van der Waals surface area contributed by atoms with Crippen molar-refractivity contribution in [3.63, 3.8) is 0 Å². The Morgan fingerprint density at radius 2 is 2.15 bits per heavy atom. The van der Waals surface area contributed by atoms with Crippen LogP contribution in [0.25, 0.3) is 10.9 Å². The second kappa shape index (κ2) is 6.54. The van der Waals surface area contributed by atoms with Gasteiger partial charge in [0.2, 0.25) is 0 Å². The van der Waals surface area contributed by atoms with Crippen molar-refractivity contribution >= 4 is 42.4 Å². The maximum absolute atomic E-state index is 11.4. The largest absolute Gasteiger partial charge is 0.383 e. The summed E-state index contributed by atoms with van der Waals surface area (Å²) in [6.07, 6.45) is 2.36. The van der Waals surface area contributed by atoms with Crippen molar-refractivity contribution in [1.29, 1.82) is 0 Å². The predicted octanol–water partition coefficient (Wildman–Crippen LogP) is 3.23. The SMILES string of the molecule is CCS(=O)(=O)CCCNc1cccc2cc(Br)cnc12. The fourth-order valence-corrected chi connectivity index (χ4v) is 3.16. The standard InChI is InChI=1S/C14H17BrN2O2S/c1-2-20(18,19)8-4-7-16-13-6-3-5-11-9-12(15)10-17-14(11)13/h3,5-6,9-10,16H,2,4,7-8H2,1H3. The Hall–Kier alpha value is -1.14. The number of aromatic nitrogens is 1. The van der Waals surface area contributed by atoms with Crippen LogP contribution >= 0.6 is 15.9 Å². The second-order valence-corrected chi connectivity index (χ2v) is 7.94. The smallest absolute Gasteiger partial charge is 0.150 e. The first kappa shape index (κ1) is 15.3. The molecule has 0 amide bonds. The lowest BCUT2D eigenvalue weighted by Gasteiger charge is -2.09. The van der Waals surface area contributed by atoms with E-state index in [9.17, 15) is 8.42 Å². The zero-order valence-electron chi connectivity index (χ0n) is 11.3. The highest BCUT2D eigenvalue weighted by atomic mass is 79.9. The number of nitrogens with one attached hydrogen (secondary N) is 1. The van der Waals surface area contributed by atoms with Gasteiger partial charge in [0.25, 0.3) is 0 Å². The first-order valence-corrected chi connectivity index (χ1v) is 9.12. The van der Waals surface area contributed by atoms with E-state index >= 15 is 0 Å². The second-order valence-electron chi connectivity index (χ2n) is 4.55. The summed E-state index contributed by atoms with van der Waals surface area (Å²) in [5.74, 6) is 0.428. The van der Waals surface area contributed by atoms with Crippen molar-refractivity contribution < 1.29 is 8.42 Å². The van der Waals surface area contributed by atoms with Crippen molar-refractivity contribution in [3.05, 3.63) is 34.9 Å². The molecular weight excluding hydrogens is 340 g/mol. The van der Waals surface area contributed by atoms with Crippen molar-refractivity contribution in [3.8, 4) is 0 Å². The predicted molar refractivity (Wildman–Crippen MR) is 86.9 cm³/mol. The summed E-state index contributed by atoms with van der Waals surface area (Å²) in [5.41, 5.74) is 1.83. The highest BCUT2D eigenvalue weighted by molar-refractivity contribution is 9.10. The van der Waals surface area contributed by atoms with E-state index in [-0.39, 0.29) is 11.5 Å². The normalized spacial score (nSPS) is 11.7. The Bertz CT molecular complexity index is 701. The van der Waals surface area contributed by atoms with Crippen LogP contribution < -0.4 is 5.32 Å². The van der Waals surface area contributed by atoms with E-state index in [4.69, 9.17) is 0 Å². The summed E-state index contributed by atoms with van der Waals surface area (Å²) >= 11 is 3.40. The van der Waals surface area contributed by atoms with Gasteiger partial charge in [-0.1, -0.05) is 19.1 Å². The number of halogens is 1. The van der Waals surface area contributed by atoms with Gasteiger partial charge in [-0.15, -0.1) is 0 Å². The lowest BCUT2D eigenvalue weighted by Crippen LogP contribution is -2.13. The minimum absolute atomic E-state index is 0.205. The molecule has 0 aliphatic heterocycles. The molecule has 108 valence electrons. The monoisotopic (exact) mass is 356 g/mol. The van der Waals surface area contributed by atoms with E-state index < -0.39 is 9.84 Å². The van der Waals surface area contributed by atoms with E-state index in [1.807, 2.05) is 24.3 Å². The molecule has 2 aromatic rings. The molecule has 0 unspecified atom stereocenters. The van der Waals surface area contributed by atoms with Crippen molar-refractivity contribution in [2.24, 2.45) is 0 Å². The minimum Gasteiger partial charge on any atom is -0.383 e. The quantitative estimate of drug-likeness (QED) is 0.807. The fraction of sp³-hybridized carbons (Fsp3) is 0.357. The van der Waals surface area contributed by atoms with Crippen molar-refractivity contribution in [1.82, 2.24) is 4.98 Å². The minimum atomic E-state index is -2.88. The third-order valence-corrected chi connectivity index (χ3v) is 5.29. The average molecular weight is 357 g/mol. The van der Waals surface area contributed by atoms with Gasteiger partial charge in [0.15, 0.2) is 0 Å². The Kier molecular flexibility index (Phi) is 4.99. The van der Waals surface area contributed by atoms with Crippen LogP contribution in [0.15, 0.2) is 34.9 Å². The molecular formula is C14H17BrN2O2S. The molecule has 20 heavy (non-hydrogen) atoms. The lowest BCUT2D eigenvalue weighted by molar-refractivity contribution is 0.595. The first-order valence-electron chi connectivity index (χ1n) is 6.50. The fourth-order valence-electron chi connectivity index (χ4n) is 1.94. The molecule has 0 saturated carbocycles. The van der Waals surface area contributed by atoms with Gasteiger partial charge >= 0.3 is 0 Å². The molecule has 0 aliphatic rings. The van der Waals surface area contributed by atoms with E-state index in [0.29, 0.717) is 13.0 Å². The summed E-state index contributed by atoms with van der Waals surface area (Å²) in [6.45, 7) is 2.30. The van der Waals surface area contributed by atoms with Crippen LogP contribution in [0.1, 0.15) is 13.3 Å². The number of fused-ring (bicyclic) bond motifs is 1. The summed E-state index contributed by atoms with van der Waals surface area (Å²) in [5, 5.41) is 4.31. The Balaban J connectivity index is 2.04. The Morgan fingerprint density at radius 3 is 2.90 bits per heavy atom. The molecule has 1 heterocycles. The zero-order valence-corrected chi connectivity index (χ0v) is 13.7. The topological polar surface area (TPSA) is 59.1 Å². The van der Waals surface area contributed by atoms with Crippen LogP contribution in [0, 0.1) is 0 Å². The summed E-state index contributed by atoms with van der Waals surface area (Å²) in [6, 6.07) is 7.92. The van der Waals surface area contributed by atoms with Crippen LogP contribution in [-0.4, -0.2) is 31.5 Å². The van der Waals surface area contributed by atoms with Crippen LogP contribution in [-0.2, 0) is 9.84 Å². The molecule has 4 nitrogen and oxygen atoms in total. The highest BCUT2D eigenvalue weighted by Gasteiger charge is 2.07. The number of hydrogen-bond acceptors (Lipinski definition) is 4. The molecule has 0 atom stereocenters. The number of hydrogen-bond donors (Lipinski definition) is 1. The molecule has 0 bridgehead atoms. The van der Waals surface area contributed by atoms with Gasteiger partial charge in [0.05, 0.1) is 17.0 Å². The zero-order chi connectivity index (χ0) is 14.6. The first-order chi connectivity index (χ1) is 9.52. The lowest BCUT2D eigenvalue weighted by atomic mass is 10.2. The molecule has 0 fully saturated rings. The summed E-state index contributed by atoms with van der Waals surface area (Å²) in [7, 11) is -2.88. The van der Waals surface area contributed by atoms with Crippen LogP contribution in [0.2, 0.25) is 0 Å². The number of benzene rings is 1. The highest BCUT2D eigenvalue weighted by Crippen LogP contribution is 2.23. The van der Waals surface area contributed by atoms with Crippen LogP contribution in [0.3, 0.4) is 0 Å². The maximum atomic E-state index is 11.4. The number of nitrogens with zero attached hydrogens (tertiary/aromatic N) is 1. The van der Waals surface area contributed by atoms with Gasteiger partial charge in [-0.2, -0.15) is 0 Å². The molecule has 1 aromatic heterocycles. The van der Waals surface area contributed by atoms with E-state index in [1.165, 1.54) is 0 Å². The number of sulfone groups is 1. The van der Waals surface area contributed by atoms with Gasteiger partial charge < -0.3 is 5.32 Å². The van der Waals surface area contributed by atoms with Gasteiger partial charge in [-0.05, 0) is 34.5 Å². The van der Waals surface area contributed by atoms with E-state index in [2.05, 4.69) is 26.2 Å². The molecule has 6 heteroatoms. The van der Waals surface area contributed by atoms with Gasteiger partial charge in [0, 0.05) is 28.4 Å². The van der Waals surface area contributed by atoms with Crippen molar-refractivity contribution in [2.75, 3.05) is 23.4 Å². The molecule has 2 rings (SSSR count). The molecule has 1 aromatic carbocycles. The number of para-hydroxylation sites is 1. The summed E-state index contributed by atoms with van der Waals surface area (Å²) in [4.78, 5) is 4.40. The van der Waals surface area contributed by atoms with E-state index in [0.717, 1.165) is 21.1 Å². The summed E-state index contributed by atoms with van der Waals surface area (Å²) < 4.78 is 23.8. The number of anilines is 1. The van der Waals surface area contributed by atoms with E-state index in [1.54, 1.807) is 13.1 Å². The van der Waals surface area contributed by atoms with Crippen LogP contribution in [0.5, 0.6) is 0 Å². The molecule has 1 N–H and O–H groups in total.